The maximum absolute atomic E-state index is 9.94. The summed E-state index contributed by atoms with van der Waals surface area (Å²) in [5, 5.41) is 9.94. The number of hydrogen-bond donors (Lipinski definition) is 1. The van der Waals surface area contributed by atoms with Crippen LogP contribution in [-0.2, 0) is 6.42 Å². The lowest BCUT2D eigenvalue weighted by atomic mass is 9.85. The van der Waals surface area contributed by atoms with Gasteiger partial charge >= 0.3 is 0 Å². The molecular formula is C25H44O. The van der Waals surface area contributed by atoms with Crippen LogP contribution in [0.15, 0.2) is 24.3 Å². The van der Waals surface area contributed by atoms with E-state index in [9.17, 15) is 5.11 Å². The lowest BCUT2D eigenvalue weighted by Gasteiger charge is -2.21. The van der Waals surface area contributed by atoms with Crippen LogP contribution in [0.5, 0.6) is 5.75 Å². The van der Waals surface area contributed by atoms with Gasteiger partial charge in [-0.25, -0.2) is 0 Å². The van der Waals surface area contributed by atoms with Crippen LogP contribution in [0.2, 0.25) is 0 Å². The fourth-order valence-corrected chi connectivity index (χ4v) is 4.36. The van der Waals surface area contributed by atoms with E-state index in [1.807, 2.05) is 12.1 Å². The van der Waals surface area contributed by atoms with E-state index in [0.717, 1.165) is 23.8 Å². The highest BCUT2D eigenvalue weighted by Crippen LogP contribution is 2.27. The van der Waals surface area contributed by atoms with Gasteiger partial charge in [-0.3, -0.25) is 0 Å². The van der Waals surface area contributed by atoms with E-state index in [1.165, 1.54) is 70.6 Å². The summed E-state index contributed by atoms with van der Waals surface area (Å²) >= 11 is 0. The van der Waals surface area contributed by atoms with Gasteiger partial charge in [-0.2, -0.15) is 0 Å². The standard InChI is InChI=1S/C25H44O/c1-5-6-7-8-9-10-11-12-15-21(2)18-22(3)19-23(4)20-24-16-13-14-17-25(24)26/h13-14,16-17,21-23,26H,5-12,15,18-20H2,1-4H3. The van der Waals surface area contributed by atoms with Gasteiger partial charge in [-0.15, -0.1) is 0 Å². The van der Waals surface area contributed by atoms with E-state index in [1.54, 1.807) is 6.07 Å². The Morgan fingerprint density at radius 3 is 1.96 bits per heavy atom. The molecule has 1 aromatic rings. The Labute approximate surface area is 163 Å². The molecule has 0 aliphatic carbocycles. The van der Waals surface area contributed by atoms with Gasteiger partial charge in [0, 0.05) is 0 Å². The van der Waals surface area contributed by atoms with Crippen LogP contribution in [0.3, 0.4) is 0 Å². The second kappa shape index (κ2) is 14.1. The minimum Gasteiger partial charge on any atom is -0.508 e. The van der Waals surface area contributed by atoms with Crippen molar-refractivity contribution in [2.45, 2.75) is 105 Å². The molecule has 1 rings (SSSR count). The first-order chi connectivity index (χ1) is 12.5. The molecule has 1 nitrogen and oxygen atoms in total. The van der Waals surface area contributed by atoms with Gasteiger partial charge in [0.2, 0.25) is 0 Å². The Bertz CT molecular complexity index is 453. The molecule has 26 heavy (non-hydrogen) atoms. The first kappa shape index (κ1) is 23.1. The van der Waals surface area contributed by atoms with E-state index < -0.39 is 0 Å². The van der Waals surface area contributed by atoms with Crippen molar-refractivity contribution in [1.82, 2.24) is 0 Å². The van der Waals surface area contributed by atoms with Gasteiger partial charge in [0.1, 0.15) is 5.75 Å². The maximum atomic E-state index is 9.94. The van der Waals surface area contributed by atoms with Crippen molar-refractivity contribution in [2.24, 2.45) is 17.8 Å². The predicted molar refractivity (Wildman–Crippen MR) is 116 cm³/mol. The van der Waals surface area contributed by atoms with Crippen molar-refractivity contribution in [2.75, 3.05) is 0 Å². The molecule has 0 saturated heterocycles. The Morgan fingerprint density at radius 1 is 0.731 bits per heavy atom. The molecule has 3 atom stereocenters. The highest BCUT2D eigenvalue weighted by atomic mass is 16.3. The summed E-state index contributed by atoms with van der Waals surface area (Å²) < 4.78 is 0. The Hall–Kier alpha value is -0.980. The molecule has 3 unspecified atom stereocenters. The number of unbranched alkanes of at least 4 members (excludes halogenated alkanes) is 7. The fraction of sp³-hybridized carbons (Fsp3) is 0.760. The largest absolute Gasteiger partial charge is 0.508 e. The van der Waals surface area contributed by atoms with E-state index in [4.69, 9.17) is 0 Å². The zero-order valence-electron chi connectivity index (χ0n) is 18.0. The third-order valence-electron chi connectivity index (χ3n) is 5.72. The Kier molecular flexibility index (Phi) is 12.5. The topological polar surface area (TPSA) is 20.2 Å². The highest BCUT2D eigenvalue weighted by molar-refractivity contribution is 5.31. The van der Waals surface area contributed by atoms with Gasteiger partial charge in [0.05, 0.1) is 0 Å². The molecule has 0 radical (unpaired) electrons. The van der Waals surface area contributed by atoms with Crippen molar-refractivity contribution in [3.63, 3.8) is 0 Å². The molecule has 0 aromatic heterocycles. The van der Waals surface area contributed by atoms with E-state index >= 15 is 0 Å². The van der Waals surface area contributed by atoms with E-state index in [0.29, 0.717) is 11.7 Å². The van der Waals surface area contributed by atoms with Crippen molar-refractivity contribution in [3.8, 4) is 5.75 Å². The van der Waals surface area contributed by atoms with Gasteiger partial charge in [0.15, 0.2) is 0 Å². The minimum atomic E-state index is 0.454. The number of aromatic hydroxyl groups is 1. The van der Waals surface area contributed by atoms with Crippen LogP contribution in [0.25, 0.3) is 0 Å². The lowest BCUT2D eigenvalue weighted by molar-refractivity contribution is 0.325. The van der Waals surface area contributed by atoms with Crippen LogP contribution in [0.1, 0.15) is 104 Å². The summed E-state index contributed by atoms with van der Waals surface area (Å²) in [7, 11) is 0. The maximum Gasteiger partial charge on any atom is 0.118 e. The first-order valence-corrected chi connectivity index (χ1v) is 11.3. The van der Waals surface area contributed by atoms with Crippen molar-refractivity contribution in [1.29, 1.82) is 0 Å². The van der Waals surface area contributed by atoms with Crippen LogP contribution in [0.4, 0.5) is 0 Å². The summed E-state index contributed by atoms with van der Waals surface area (Å²) in [6, 6.07) is 7.79. The molecule has 0 spiro atoms. The number of phenolic OH excluding ortho intramolecular Hbond substituents is 1. The van der Waals surface area contributed by atoms with Crippen LogP contribution < -0.4 is 0 Å². The summed E-state index contributed by atoms with van der Waals surface area (Å²) in [6.45, 7) is 9.46. The SMILES string of the molecule is CCCCCCCCCCC(C)CC(C)CC(C)Cc1ccccc1O. The quantitative estimate of drug-likeness (QED) is 0.313. The van der Waals surface area contributed by atoms with Gasteiger partial charge in [-0.1, -0.05) is 104 Å². The molecule has 1 N–H and O–H groups in total. The second-order valence-corrected chi connectivity index (χ2v) is 8.88. The molecule has 0 aliphatic heterocycles. The molecule has 0 amide bonds. The summed E-state index contributed by atoms with van der Waals surface area (Å²) in [4.78, 5) is 0. The molecule has 0 fully saturated rings. The number of benzene rings is 1. The fourth-order valence-electron chi connectivity index (χ4n) is 4.36. The summed E-state index contributed by atoms with van der Waals surface area (Å²) in [6.07, 6.45) is 16.3. The van der Waals surface area contributed by atoms with Crippen molar-refractivity contribution >= 4 is 0 Å². The van der Waals surface area contributed by atoms with Crippen LogP contribution >= 0.6 is 0 Å². The van der Waals surface area contributed by atoms with Gasteiger partial charge < -0.3 is 5.11 Å². The van der Waals surface area contributed by atoms with Gasteiger partial charge in [0.25, 0.3) is 0 Å². The molecule has 0 aliphatic rings. The summed E-state index contributed by atoms with van der Waals surface area (Å²) in [5.41, 5.74) is 1.10. The molecule has 0 bridgehead atoms. The van der Waals surface area contributed by atoms with Crippen LogP contribution in [-0.4, -0.2) is 5.11 Å². The molecule has 150 valence electrons. The molecule has 1 heteroatoms. The molecule has 0 saturated carbocycles. The predicted octanol–water partition coefficient (Wildman–Crippen LogP) is 8.15. The second-order valence-electron chi connectivity index (χ2n) is 8.88. The van der Waals surface area contributed by atoms with E-state index in [-0.39, 0.29) is 0 Å². The molecule has 1 aromatic carbocycles. The smallest absolute Gasteiger partial charge is 0.118 e. The lowest BCUT2D eigenvalue weighted by Crippen LogP contribution is -2.10. The average molecular weight is 361 g/mol. The number of hydrogen-bond acceptors (Lipinski definition) is 1. The van der Waals surface area contributed by atoms with Gasteiger partial charge in [-0.05, 0) is 48.6 Å². The Balaban J connectivity index is 2.10. The minimum absolute atomic E-state index is 0.454. The third-order valence-corrected chi connectivity index (χ3v) is 5.72. The normalized spacial score (nSPS) is 14.9. The monoisotopic (exact) mass is 360 g/mol. The zero-order chi connectivity index (χ0) is 19.2. The number of rotatable bonds is 15. The molecular weight excluding hydrogens is 316 g/mol. The molecule has 0 heterocycles. The third kappa shape index (κ3) is 10.9. The van der Waals surface area contributed by atoms with Crippen molar-refractivity contribution < 1.29 is 5.11 Å². The van der Waals surface area contributed by atoms with Crippen LogP contribution in [0, 0.1) is 17.8 Å². The summed E-state index contributed by atoms with van der Waals surface area (Å²) in [5.74, 6) is 2.71. The highest BCUT2D eigenvalue weighted by Gasteiger charge is 2.14. The average Bonchev–Trinajstić information content (AvgIpc) is 2.59. The number of phenols is 1. The first-order valence-electron chi connectivity index (χ1n) is 11.3. The number of para-hydroxylation sites is 1. The zero-order valence-corrected chi connectivity index (χ0v) is 18.0. The Morgan fingerprint density at radius 2 is 1.31 bits per heavy atom. The van der Waals surface area contributed by atoms with E-state index in [2.05, 4.69) is 33.8 Å². The van der Waals surface area contributed by atoms with Crippen molar-refractivity contribution in [3.05, 3.63) is 29.8 Å².